The van der Waals surface area contributed by atoms with E-state index in [9.17, 15) is 18.0 Å². The number of aryl methyl sites for hydroxylation is 1. The Kier molecular flexibility index (Phi) is 11.3. The molecule has 1 aliphatic rings. The van der Waals surface area contributed by atoms with Gasteiger partial charge in [-0.3, -0.25) is 13.9 Å². The van der Waals surface area contributed by atoms with Crippen molar-refractivity contribution in [2.45, 2.75) is 76.4 Å². The van der Waals surface area contributed by atoms with Gasteiger partial charge in [-0.1, -0.05) is 49.6 Å². The highest BCUT2D eigenvalue weighted by molar-refractivity contribution is 7.92. The fourth-order valence-electron chi connectivity index (χ4n) is 5.46. The van der Waals surface area contributed by atoms with E-state index in [1.165, 1.54) is 17.0 Å². The molecule has 2 amide bonds. The summed E-state index contributed by atoms with van der Waals surface area (Å²) in [6, 6.07) is 19.7. The van der Waals surface area contributed by atoms with Crippen LogP contribution in [0.2, 0.25) is 0 Å². The number of hydrogen-bond donors (Lipinski definition) is 1. The summed E-state index contributed by atoms with van der Waals surface area (Å²) in [4.78, 5) is 29.5. The van der Waals surface area contributed by atoms with Gasteiger partial charge in [0.15, 0.2) is 0 Å². The van der Waals surface area contributed by atoms with Crippen molar-refractivity contribution in [1.29, 1.82) is 0 Å². The molecule has 0 saturated heterocycles. The summed E-state index contributed by atoms with van der Waals surface area (Å²) >= 11 is 0. The van der Waals surface area contributed by atoms with Gasteiger partial charge in [0.25, 0.3) is 10.0 Å². The molecule has 1 unspecified atom stereocenters. The first kappa shape index (κ1) is 32.9. The molecule has 0 aliphatic heterocycles. The van der Waals surface area contributed by atoms with Crippen LogP contribution in [0.4, 0.5) is 5.69 Å². The van der Waals surface area contributed by atoms with E-state index in [0.717, 1.165) is 41.1 Å². The number of rotatable bonds is 14. The molecule has 3 aromatic carbocycles. The van der Waals surface area contributed by atoms with E-state index in [1.807, 2.05) is 32.9 Å². The zero-order valence-corrected chi connectivity index (χ0v) is 26.8. The van der Waals surface area contributed by atoms with Crippen molar-refractivity contribution in [1.82, 2.24) is 10.2 Å². The van der Waals surface area contributed by atoms with Crippen LogP contribution < -0.4 is 19.1 Å². The third kappa shape index (κ3) is 8.11. The average molecular weight is 622 g/mol. The number of amides is 2. The second-order valence-electron chi connectivity index (χ2n) is 11.0. The Hall–Kier alpha value is -4.05. The molecule has 1 N–H and O–H groups in total. The van der Waals surface area contributed by atoms with Crippen LogP contribution in [0.5, 0.6) is 11.5 Å². The molecular formula is C34H43N3O6S. The third-order valence-electron chi connectivity index (χ3n) is 7.92. The molecule has 236 valence electrons. The number of methoxy groups -OCH3 is 1. The van der Waals surface area contributed by atoms with Gasteiger partial charge in [-0.15, -0.1) is 0 Å². The second-order valence-corrected chi connectivity index (χ2v) is 12.9. The van der Waals surface area contributed by atoms with E-state index in [2.05, 4.69) is 5.32 Å². The van der Waals surface area contributed by atoms with E-state index in [1.54, 1.807) is 55.6 Å². The summed E-state index contributed by atoms with van der Waals surface area (Å²) < 4.78 is 40.1. The summed E-state index contributed by atoms with van der Waals surface area (Å²) in [5.41, 5.74) is 2.02. The van der Waals surface area contributed by atoms with Crippen LogP contribution in [0.1, 0.15) is 57.1 Å². The fraction of sp³-hybridized carbons (Fsp3) is 0.412. The Bertz CT molecular complexity index is 1490. The van der Waals surface area contributed by atoms with Crippen molar-refractivity contribution in [2.24, 2.45) is 0 Å². The van der Waals surface area contributed by atoms with Crippen molar-refractivity contribution in [2.75, 3.05) is 24.6 Å². The van der Waals surface area contributed by atoms with Crippen molar-refractivity contribution in [3.8, 4) is 11.5 Å². The van der Waals surface area contributed by atoms with Crippen LogP contribution in [-0.4, -0.2) is 57.5 Å². The number of anilines is 1. The SMILES string of the molecule is CCOc1ccc(N(CC(=O)N(Cc2ccc(OC)cc2)C(CC)C(=O)NC2CCCC2)S(=O)(=O)c2ccc(C)cc2)cc1. The average Bonchev–Trinajstić information content (AvgIpc) is 3.54. The smallest absolute Gasteiger partial charge is 0.264 e. The highest BCUT2D eigenvalue weighted by Gasteiger charge is 2.34. The number of sulfonamides is 1. The van der Waals surface area contributed by atoms with E-state index in [-0.39, 0.29) is 23.4 Å². The van der Waals surface area contributed by atoms with Gasteiger partial charge in [0, 0.05) is 12.6 Å². The maximum Gasteiger partial charge on any atom is 0.264 e. The van der Waals surface area contributed by atoms with Gasteiger partial charge in [-0.25, -0.2) is 8.42 Å². The molecule has 1 fully saturated rings. The minimum atomic E-state index is -4.15. The monoisotopic (exact) mass is 621 g/mol. The standard InChI is InChI=1S/C34H43N3O6S/c1-5-32(34(39)35-27-9-7-8-10-27)36(23-26-13-17-29(42-4)18-14-26)33(38)24-37(28-15-19-30(20-16-28)43-6-2)44(40,41)31-21-11-25(3)12-22-31/h11-22,27,32H,5-10,23-24H2,1-4H3,(H,35,39). The van der Waals surface area contributed by atoms with Gasteiger partial charge in [0.1, 0.15) is 24.1 Å². The zero-order valence-electron chi connectivity index (χ0n) is 26.0. The Morgan fingerprint density at radius 1 is 0.909 bits per heavy atom. The minimum absolute atomic E-state index is 0.0671. The Balaban J connectivity index is 1.71. The molecule has 4 rings (SSSR count). The molecular weight excluding hydrogens is 578 g/mol. The lowest BCUT2D eigenvalue weighted by Gasteiger charge is -2.33. The van der Waals surface area contributed by atoms with Crippen LogP contribution >= 0.6 is 0 Å². The molecule has 0 heterocycles. The number of hydrogen-bond acceptors (Lipinski definition) is 6. The van der Waals surface area contributed by atoms with Gasteiger partial charge in [-0.2, -0.15) is 0 Å². The first-order chi connectivity index (χ1) is 21.2. The lowest BCUT2D eigenvalue weighted by molar-refractivity contribution is -0.140. The van der Waals surface area contributed by atoms with Gasteiger partial charge in [0.05, 0.1) is 24.3 Å². The molecule has 0 bridgehead atoms. The van der Waals surface area contributed by atoms with Gasteiger partial charge < -0.3 is 19.7 Å². The van der Waals surface area contributed by atoms with Crippen LogP contribution in [0.25, 0.3) is 0 Å². The normalized spacial score (nSPS) is 14.1. The molecule has 0 radical (unpaired) electrons. The first-order valence-electron chi connectivity index (χ1n) is 15.2. The topological polar surface area (TPSA) is 105 Å². The molecule has 10 heteroatoms. The lowest BCUT2D eigenvalue weighted by Crippen LogP contribution is -2.53. The lowest BCUT2D eigenvalue weighted by atomic mass is 10.1. The molecule has 44 heavy (non-hydrogen) atoms. The van der Waals surface area contributed by atoms with E-state index in [0.29, 0.717) is 30.2 Å². The van der Waals surface area contributed by atoms with E-state index < -0.39 is 28.5 Å². The number of carbonyl (C=O) groups excluding carboxylic acids is 2. The number of benzene rings is 3. The molecule has 9 nitrogen and oxygen atoms in total. The van der Waals surface area contributed by atoms with Crippen molar-refractivity contribution in [3.63, 3.8) is 0 Å². The Morgan fingerprint density at radius 2 is 1.52 bits per heavy atom. The number of ether oxygens (including phenoxy) is 2. The Labute approximate surface area is 261 Å². The van der Waals surface area contributed by atoms with E-state index >= 15 is 0 Å². The maximum absolute atomic E-state index is 14.3. The maximum atomic E-state index is 14.3. The van der Waals surface area contributed by atoms with Crippen molar-refractivity contribution < 1.29 is 27.5 Å². The van der Waals surface area contributed by atoms with E-state index in [4.69, 9.17) is 9.47 Å². The fourth-order valence-corrected chi connectivity index (χ4v) is 6.87. The predicted octanol–water partition coefficient (Wildman–Crippen LogP) is 5.46. The molecule has 1 atom stereocenters. The summed E-state index contributed by atoms with van der Waals surface area (Å²) in [6.07, 6.45) is 4.31. The summed E-state index contributed by atoms with van der Waals surface area (Å²) in [5, 5.41) is 3.14. The zero-order chi connectivity index (χ0) is 31.7. The quantitative estimate of drug-likeness (QED) is 0.256. The van der Waals surface area contributed by atoms with Crippen LogP contribution in [0.15, 0.2) is 77.7 Å². The highest BCUT2D eigenvalue weighted by Crippen LogP contribution is 2.27. The molecule has 0 aromatic heterocycles. The Morgan fingerprint density at radius 3 is 2.09 bits per heavy atom. The number of nitrogens with one attached hydrogen (secondary N) is 1. The van der Waals surface area contributed by atoms with Gasteiger partial charge in [-0.05, 0) is 87.2 Å². The summed E-state index contributed by atoms with van der Waals surface area (Å²) in [6.45, 7) is 5.70. The third-order valence-corrected chi connectivity index (χ3v) is 9.71. The molecule has 0 spiro atoms. The largest absolute Gasteiger partial charge is 0.497 e. The molecule has 1 saturated carbocycles. The second kappa shape index (κ2) is 15.1. The predicted molar refractivity (Wildman–Crippen MR) is 171 cm³/mol. The molecule has 3 aromatic rings. The molecule has 1 aliphatic carbocycles. The van der Waals surface area contributed by atoms with Crippen LogP contribution in [-0.2, 0) is 26.2 Å². The summed E-state index contributed by atoms with van der Waals surface area (Å²) in [7, 11) is -2.57. The highest BCUT2D eigenvalue weighted by atomic mass is 32.2. The van der Waals surface area contributed by atoms with Crippen molar-refractivity contribution in [3.05, 3.63) is 83.9 Å². The van der Waals surface area contributed by atoms with Gasteiger partial charge in [0.2, 0.25) is 11.8 Å². The number of carbonyl (C=O) groups is 2. The number of nitrogens with zero attached hydrogens (tertiary/aromatic N) is 2. The van der Waals surface area contributed by atoms with Crippen molar-refractivity contribution >= 4 is 27.5 Å². The minimum Gasteiger partial charge on any atom is -0.497 e. The first-order valence-corrected chi connectivity index (χ1v) is 16.6. The van der Waals surface area contributed by atoms with Gasteiger partial charge >= 0.3 is 0 Å². The van der Waals surface area contributed by atoms with Crippen LogP contribution in [0.3, 0.4) is 0 Å². The van der Waals surface area contributed by atoms with Crippen LogP contribution in [0, 0.1) is 6.92 Å². The summed E-state index contributed by atoms with van der Waals surface area (Å²) in [5.74, 6) is 0.545.